The van der Waals surface area contributed by atoms with Crippen LogP contribution in [0.2, 0.25) is 0 Å². The molecule has 6 rings (SSSR count). The van der Waals surface area contributed by atoms with E-state index in [-0.39, 0.29) is 12.0 Å². The average Bonchev–Trinajstić information content (AvgIpc) is 3.75. The molecule has 2 bridgehead atoms. The first-order valence-electron chi connectivity index (χ1n) is 14.8. The van der Waals surface area contributed by atoms with Crippen LogP contribution in [0.4, 0.5) is 16.2 Å². The van der Waals surface area contributed by atoms with E-state index in [1.807, 2.05) is 42.5 Å². The van der Waals surface area contributed by atoms with Gasteiger partial charge in [-0.05, 0) is 60.7 Å². The number of carbonyl (C=O) groups is 3. The Morgan fingerprint density at radius 3 is 2.33 bits per heavy atom. The number of likely N-dealkylation sites (N-methyl/N-ethyl adjacent to an activating group) is 1. The maximum absolute atomic E-state index is 13.2. The molecule has 0 radical (unpaired) electrons. The van der Waals surface area contributed by atoms with Crippen LogP contribution in [-0.2, 0) is 20.7 Å². The van der Waals surface area contributed by atoms with Crippen molar-refractivity contribution in [2.24, 2.45) is 0 Å². The molecule has 3 fully saturated rings. The number of nitrogens with zero attached hydrogens (tertiary/aromatic N) is 1. The maximum Gasteiger partial charge on any atom is 0.411 e. The molecule has 2 N–H and O–H groups in total. The number of amides is 2. The molecule has 3 aromatic rings. The summed E-state index contributed by atoms with van der Waals surface area (Å²) in [6.45, 7) is 0. The third-order valence-corrected chi connectivity index (χ3v) is 9.17. The van der Waals surface area contributed by atoms with Gasteiger partial charge in [0.1, 0.15) is 36.7 Å². The molecule has 0 saturated carbocycles. The van der Waals surface area contributed by atoms with Gasteiger partial charge in [-0.25, -0.2) is 4.79 Å². The zero-order chi connectivity index (χ0) is 29.3. The highest BCUT2D eigenvalue weighted by atomic mass is 16.6. The number of epoxide rings is 1. The third kappa shape index (κ3) is 5.96. The molecule has 3 aliphatic heterocycles. The number of quaternary nitrogens is 1. The van der Waals surface area contributed by atoms with Gasteiger partial charge in [-0.1, -0.05) is 42.5 Å². The maximum atomic E-state index is 13.2. The molecule has 2 amide bonds. The first kappa shape index (κ1) is 28.1. The Morgan fingerprint density at radius 1 is 0.929 bits per heavy atom. The first-order chi connectivity index (χ1) is 20.3. The number of aldehydes is 1. The van der Waals surface area contributed by atoms with E-state index in [4.69, 9.17) is 9.47 Å². The van der Waals surface area contributed by atoms with Crippen LogP contribution >= 0.6 is 0 Å². The SMILES string of the molecule is C[N+]1(C)[C@@H]2CC(OC(=O)Nc3cc(CCCCC(=O)Nc4ccc(C=O)cc4)ccc3-c3ccccc3)C[C@H]1[C@@H]1O[C@@H]12. The molecule has 42 heavy (non-hydrogen) atoms. The number of hydrogen-bond donors (Lipinski definition) is 2. The standard InChI is InChI=1S/C34H37N3O5/c1-37(2)29-19-26(20-30(37)33-32(29)42-33)41-34(40)36-28-18-22(14-17-27(28)24-9-4-3-5-10-24)8-6-7-11-31(39)35-25-15-12-23(21-38)13-16-25/h3-5,9-10,12-18,21,26,29-30,32-33H,6-8,11,19-20H2,1-2H3,(H-,35,36,38,39,40)/p+1/t26?,29-,30+,32-,33+. The minimum Gasteiger partial charge on any atom is -0.445 e. The number of nitrogens with one attached hydrogen (secondary N) is 2. The van der Waals surface area contributed by atoms with E-state index in [0.29, 0.717) is 42.0 Å². The van der Waals surface area contributed by atoms with Crippen molar-refractivity contribution in [3.05, 3.63) is 83.9 Å². The molecular weight excluding hydrogens is 530 g/mol. The molecule has 8 heteroatoms. The van der Waals surface area contributed by atoms with Gasteiger partial charge in [-0.3, -0.25) is 14.9 Å². The monoisotopic (exact) mass is 568 g/mol. The van der Waals surface area contributed by atoms with Crippen molar-refractivity contribution in [1.29, 1.82) is 0 Å². The summed E-state index contributed by atoms with van der Waals surface area (Å²) >= 11 is 0. The third-order valence-electron chi connectivity index (χ3n) is 9.17. The topological polar surface area (TPSA) is 97.0 Å². The molecule has 1 unspecified atom stereocenters. The Kier molecular flexibility index (Phi) is 7.84. The molecule has 0 spiro atoms. The van der Waals surface area contributed by atoms with Crippen molar-refractivity contribution in [2.75, 3.05) is 24.7 Å². The molecule has 3 aromatic carbocycles. The van der Waals surface area contributed by atoms with Crippen molar-refractivity contribution in [1.82, 2.24) is 0 Å². The van der Waals surface area contributed by atoms with E-state index in [0.717, 1.165) is 65.3 Å². The summed E-state index contributed by atoms with van der Waals surface area (Å²) < 4.78 is 12.8. The van der Waals surface area contributed by atoms with Gasteiger partial charge in [-0.2, -0.15) is 0 Å². The quantitative estimate of drug-likeness (QED) is 0.139. The van der Waals surface area contributed by atoms with Crippen LogP contribution in [0.5, 0.6) is 0 Å². The summed E-state index contributed by atoms with van der Waals surface area (Å²) in [6, 6.07) is 23.7. The number of morpholine rings is 1. The van der Waals surface area contributed by atoms with Gasteiger partial charge < -0.3 is 19.3 Å². The second-order valence-corrected chi connectivity index (χ2v) is 12.2. The van der Waals surface area contributed by atoms with E-state index in [9.17, 15) is 14.4 Å². The van der Waals surface area contributed by atoms with Crippen molar-refractivity contribution in [2.45, 2.75) is 68.9 Å². The minimum absolute atomic E-state index is 0.0550. The number of rotatable bonds is 10. The number of carbonyl (C=O) groups excluding carboxylic acids is 3. The molecule has 0 aromatic heterocycles. The second kappa shape index (κ2) is 11.7. The summed E-state index contributed by atoms with van der Waals surface area (Å²) in [5.74, 6) is -0.0550. The summed E-state index contributed by atoms with van der Waals surface area (Å²) in [5.41, 5.74) is 5.02. The van der Waals surface area contributed by atoms with Gasteiger partial charge in [0, 0.05) is 36.1 Å². The number of aryl methyl sites for hydroxylation is 1. The highest BCUT2D eigenvalue weighted by molar-refractivity contribution is 5.92. The number of hydrogen-bond acceptors (Lipinski definition) is 5. The Labute approximate surface area is 246 Å². The van der Waals surface area contributed by atoms with Crippen LogP contribution in [0.15, 0.2) is 72.8 Å². The van der Waals surface area contributed by atoms with Crippen LogP contribution < -0.4 is 10.6 Å². The Balaban J connectivity index is 1.06. The molecule has 3 aliphatic rings. The van der Waals surface area contributed by atoms with E-state index in [1.165, 1.54) is 0 Å². The van der Waals surface area contributed by atoms with Crippen LogP contribution in [0.25, 0.3) is 11.1 Å². The predicted octanol–water partition coefficient (Wildman–Crippen LogP) is 5.82. The lowest BCUT2D eigenvalue weighted by Gasteiger charge is -2.45. The largest absolute Gasteiger partial charge is 0.445 e. The van der Waals surface area contributed by atoms with Crippen LogP contribution in [0.1, 0.15) is 48.0 Å². The van der Waals surface area contributed by atoms with Crippen molar-refractivity contribution < 1.29 is 28.3 Å². The van der Waals surface area contributed by atoms with E-state index < -0.39 is 6.09 Å². The summed E-state index contributed by atoms with van der Waals surface area (Å²) in [6.07, 6.45) is 5.25. The fraction of sp³-hybridized carbons (Fsp3) is 0.382. The minimum atomic E-state index is -0.423. The highest BCUT2D eigenvalue weighted by Crippen LogP contribution is 2.51. The smallest absolute Gasteiger partial charge is 0.411 e. The lowest BCUT2D eigenvalue weighted by atomic mass is 9.96. The van der Waals surface area contributed by atoms with Crippen LogP contribution in [0, 0.1) is 0 Å². The van der Waals surface area contributed by atoms with E-state index in [2.05, 4.69) is 30.8 Å². The second-order valence-electron chi connectivity index (χ2n) is 12.2. The fourth-order valence-electron chi connectivity index (χ4n) is 6.80. The highest BCUT2D eigenvalue weighted by Gasteiger charge is 2.70. The number of unbranched alkanes of at least 4 members (excludes halogenated alkanes) is 1. The van der Waals surface area contributed by atoms with Gasteiger partial charge in [0.2, 0.25) is 5.91 Å². The first-order valence-corrected chi connectivity index (χ1v) is 14.8. The Bertz CT molecular complexity index is 1440. The summed E-state index contributed by atoms with van der Waals surface area (Å²) in [7, 11) is 4.53. The molecule has 8 nitrogen and oxygen atoms in total. The lowest BCUT2D eigenvalue weighted by Crippen LogP contribution is -2.60. The fourth-order valence-corrected chi connectivity index (χ4v) is 6.80. The summed E-state index contributed by atoms with van der Waals surface area (Å²) in [5, 5.41) is 5.93. The molecule has 3 heterocycles. The van der Waals surface area contributed by atoms with Crippen LogP contribution in [-0.4, -0.2) is 67.3 Å². The lowest BCUT2D eigenvalue weighted by molar-refractivity contribution is -0.938. The zero-order valence-corrected chi connectivity index (χ0v) is 24.1. The molecular formula is C34H38N3O5+. The average molecular weight is 569 g/mol. The Hall–Kier alpha value is -4.01. The Morgan fingerprint density at radius 2 is 1.64 bits per heavy atom. The van der Waals surface area contributed by atoms with E-state index in [1.54, 1.807) is 24.3 Å². The van der Waals surface area contributed by atoms with Crippen molar-refractivity contribution in [3.63, 3.8) is 0 Å². The van der Waals surface area contributed by atoms with Gasteiger partial charge >= 0.3 is 6.09 Å². The number of anilines is 2. The number of ether oxygens (including phenoxy) is 2. The molecule has 5 atom stereocenters. The zero-order valence-electron chi connectivity index (χ0n) is 24.1. The number of benzene rings is 3. The predicted molar refractivity (Wildman–Crippen MR) is 161 cm³/mol. The van der Waals surface area contributed by atoms with Crippen molar-refractivity contribution in [3.8, 4) is 11.1 Å². The molecule has 218 valence electrons. The van der Waals surface area contributed by atoms with E-state index >= 15 is 0 Å². The van der Waals surface area contributed by atoms with Gasteiger partial charge in [0.05, 0.1) is 19.8 Å². The number of piperidine rings is 1. The summed E-state index contributed by atoms with van der Waals surface area (Å²) in [4.78, 5) is 36.3. The number of fused-ring (bicyclic) bond motifs is 5. The molecule has 0 aliphatic carbocycles. The normalized spacial score (nSPS) is 24.8. The van der Waals surface area contributed by atoms with Crippen LogP contribution in [0.3, 0.4) is 0 Å². The van der Waals surface area contributed by atoms with Gasteiger partial charge in [0.25, 0.3) is 0 Å². The van der Waals surface area contributed by atoms with Gasteiger partial charge in [-0.15, -0.1) is 0 Å². The van der Waals surface area contributed by atoms with Gasteiger partial charge in [0.15, 0.2) is 0 Å². The molecule has 3 saturated heterocycles. The van der Waals surface area contributed by atoms with Crippen molar-refractivity contribution >= 4 is 29.7 Å².